The van der Waals surface area contributed by atoms with Crippen LogP contribution in [0.15, 0.2) is 72.9 Å². The largest absolute Gasteiger partial charge is 0.462 e. The summed E-state index contributed by atoms with van der Waals surface area (Å²) >= 11 is 0. The van der Waals surface area contributed by atoms with Crippen molar-refractivity contribution in [2.24, 2.45) is 0 Å². The van der Waals surface area contributed by atoms with Gasteiger partial charge in [-0.05, 0) is 89.9 Å². The zero-order valence-corrected chi connectivity index (χ0v) is 48.2. The van der Waals surface area contributed by atoms with Gasteiger partial charge in [0.05, 0.1) is 6.61 Å². The Balaban J connectivity index is 4.29. The topological polar surface area (TPSA) is 61.8 Å². The monoisotopic (exact) mass is 1000 g/mol. The van der Waals surface area contributed by atoms with E-state index in [-0.39, 0.29) is 25.2 Å². The van der Waals surface area contributed by atoms with Gasteiger partial charge in [0.25, 0.3) is 0 Å². The number of unbranched alkanes of at least 4 members (excludes halogenated alkanes) is 35. The molecule has 0 aliphatic carbocycles. The molecule has 0 bridgehead atoms. The van der Waals surface area contributed by atoms with Gasteiger partial charge in [0.15, 0.2) is 6.10 Å². The first-order valence-corrected chi connectivity index (χ1v) is 31.5. The van der Waals surface area contributed by atoms with E-state index in [1.54, 1.807) is 0 Å². The van der Waals surface area contributed by atoms with E-state index in [4.69, 9.17) is 14.2 Å². The van der Waals surface area contributed by atoms with Crippen LogP contribution in [0.3, 0.4) is 0 Å². The number of rotatable bonds is 58. The Morgan fingerprint density at radius 1 is 0.319 bits per heavy atom. The summed E-state index contributed by atoms with van der Waals surface area (Å²) < 4.78 is 17.5. The molecule has 0 spiro atoms. The van der Waals surface area contributed by atoms with Crippen LogP contribution >= 0.6 is 0 Å². The highest BCUT2D eigenvalue weighted by molar-refractivity contribution is 5.70. The molecule has 0 fully saturated rings. The molecule has 0 aromatic carbocycles. The van der Waals surface area contributed by atoms with Crippen LogP contribution in [-0.2, 0) is 23.8 Å². The lowest BCUT2D eigenvalue weighted by molar-refractivity contribution is -0.163. The van der Waals surface area contributed by atoms with E-state index in [9.17, 15) is 9.59 Å². The van der Waals surface area contributed by atoms with Gasteiger partial charge in [-0.3, -0.25) is 9.59 Å². The van der Waals surface area contributed by atoms with Crippen molar-refractivity contribution in [1.82, 2.24) is 0 Å². The average molecular weight is 1010 g/mol. The second kappa shape index (κ2) is 62.6. The average Bonchev–Trinajstić information content (AvgIpc) is 3.38. The Morgan fingerprint density at radius 2 is 0.625 bits per heavy atom. The molecule has 1 unspecified atom stereocenters. The third-order valence-corrected chi connectivity index (χ3v) is 13.7. The van der Waals surface area contributed by atoms with Crippen molar-refractivity contribution in [2.75, 3.05) is 19.8 Å². The third-order valence-electron chi connectivity index (χ3n) is 13.7. The van der Waals surface area contributed by atoms with E-state index in [0.29, 0.717) is 19.4 Å². The molecule has 0 aliphatic rings. The van der Waals surface area contributed by atoms with Gasteiger partial charge in [0.1, 0.15) is 6.61 Å². The van der Waals surface area contributed by atoms with Crippen LogP contribution in [-0.4, -0.2) is 37.9 Å². The summed E-state index contributed by atoms with van der Waals surface area (Å²) in [5.41, 5.74) is 0. The molecule has 0 N–H and O–H groups in total. The smallest absolute Gasteiger partial charge is 0.306 e. The van der Waals surface area contributed by atoms with Gasteiger partial charge in [0, 0.05) is 19.4 Å². The summed E-state index contributed by atoms with van der Waals surface area (Å²) in [6.45, 7) is 7.71. The number of hydrogen-bond acceptors (Lipinski definition) is 5. The molecule has 0 heterocycles. The molecule has 0 saturated carbocycles. The Hall–Kier alpha value is -2.66. The van der Waals surface area contributed by atoms with Gasteiger partial charge in [0.2, 0.25) is 0 Å². The SMILES string of the molecule is CC/C=C\C/C=C\C/C=C\C/C=C\CCCCCCCCCOCC(COC(=O)CCCCCCCCCCCCCCCCCCCCC)OC(=O)CCCCCCCCC/C=C\C/C=C\CCCCC. The highest BCUT2D eigenvalue weighted by Crippen LogP contribution is 2.17. The lowest BCUT2D eigenvalue weighted by atomic mass is 10.0. The van der Waals surface area contributed by atoms with Crippen molar-refractivity contribution >= 4 is 11.9 Å². The van der Waals surface area contributed by atoms with Crippen molar-refractivity contribution in [3.8, 4) is 0 Å². The summed E-state index contributed by atoms with van der Waals surface area (Å²) in [5, 5.41) is 0. The molecule has 0 amide bonds. The quantitative estimate of drug-likeness (QED) is 0.0345. The fraction of sp³-hybridized carbons (Fsp3) is 0.791. The number of allylic oxidation sites excluding steroid dienone is 12. The first-order chi connectivity index (χ1) is 35.6. The molecular weight excluding hydrogens is 885 g/mol. The summed E-state index contributed by atoms with van der Waals surface area (Å²) in [7, 11) is 0. The molecule has 0 aliphatic heterocycles. The van der Waals surface area contributed by atoms with E-state index in [1.165, 1.54) is 205 Å². The fourth-order valence-corrected chi connectivity index (χ4v) is 9.06. The Bertz CT molecular complexity index is 1270. The minimum Gasteiger partial charge on any atom is -0.462 e. The van der Waals surface area contributed by atoms with E-state index in [0.717, 1.165) is 77.0 Å². The van der Waals surface area contributed by atoms with Crippen LogP contribution in [0.2, 0.25) is 0 Å². The van der Waals surface area contributed by atoms with Gasteiger partial charge in [-0.15, -0.1) is 0 Å². The van der Waals surface area contributed by atoms with Crippen LogP contribution in [0, 0.1) is 0 Å². The van der Waals surface area contributed by atoms with Gasteiger partial charge >= 0.3 is 11.9 Å². The minimum absolute atomic E-state index is 0.0789. The molecule has 0 aromatic heterocycles. The normalized spacial score (nSPS) is 12.7. The molecule has 5 heteroatoms. The lowest BCUT2D eigenvalue weighted by Gasteiger charge is -2.18. The Morgan fingerprint density at radius 3 is 1.03 bits per heavy atom. The zero-order valence-electron chi connectivity index (χ0n) is 48.2. The molecule has 0 radical (unpaired) electrons. The van der Waals surface area contributed by atoms with Crippen LogP contribution in [0.1, 0.15) is 316 Å². The highest BCUT2D eigenvalue weighted by atomic mass is 16.6. The van der Waals surface area contributed by atoms with Crippen LogP contribution < -0.4 is 0 Å². The Kier molecular flexibility index (Phi) is 60.3. The van der Waals surface area contributed by atoms with Gasteiger partial charge in [-0.2, -0.15) is 0 Å². The molecule has 0 aromatic rings. The molecule has 5 nitrogen and oxygen atoms in total. The minimum atomic E-state index is -0.549. The maximum atomic E-state index is 12.9. The number of carbonyl (C=O) groups is 2. The van der Waals surface area contributed by atoms with Crippen molar-refractivity contribution in [3.63, 3.8) is 0 Å². The zero-order chi connectivity index (χ0) is 52.0. The first-order valence-electron chi connectivity index (χ1n) is 31.5. The van der Waals surface area contributed by atoms with Gasteiger partial charge in [-0.1, -0.05) is 286 Å². The van der Waals surface area contributed by atoms with E-state index >= 15 is 0 Å². The van der Waals surface area contributed by atoms with Gasteiger partial charge < -0.3 is 14.2 Å². The molecule has 0 rings (SSSR count). The number of esters is 2. The van der Waals surface area contributed by atoms with Crippen molar-refractivity contribution in [1.29, 1.82) is 0 Å². The summed E-state index contributed by atoms with van der Waals surface area (Å²) in [6, 6.07) is 0. The van der Waals surface area contributed by atoms with Gasteiger partial charge in [-0.25, -0.2) is 0 Å². The number of ether oxygens (including phenoxy) is 3. The summed E-state index contributed by atoms with van der Waals surface area (Å²) in [6.07, 6.45) is 82.2. The molecule has 0 saturated heterocycles. The predicted molar refractivity (Wildman–Crippen MR) is 316 cm³/mol. The maximum absolute atomic E-state index is 12.9. The second-order valence-electron chi connectivity index (χ2n) is 20.9. The molecule has 418 valence electrons. The molecule has 72 heavy (non-hydrogen) atoms. The molecule has 1 atom stereocenters. The standard InChI is InChI=1S/C67H120O5/c1-4-7-10-13-16-19-22-25-28-31-33-35-38-41-44-47-50-53-56-59-62-70-63-65(72-67(69)61-58-55-52-49-46-43-40-36-30-27-24-21-18-15-12-9-6-3)64-71-66(68)60-57-54-51-48-45-42-39-37-34-32-29-26-23-20-17-14-11-8-5-2/h7,10,16,18-19,21,25,27-28,30,33,35,65H,4-6,8-9,11-15,17,20,22-24,26,29,31-32,34,36-64H2,1-3H3/b10-7-,19-16-,21-18-,28-25-,30-27-,35-33-. The van der Waals surface area contributed by atoms with Crippen LogP contribution in [0.5, 0.6) is 0 Å². The van der Waals surface area contributed by atoms with E-state index < -0.39 is 6.10 Å². The summed E-state index contributed by atoms with van der Waals surface area (Å²) in [5.74, 6) is -0.397. The highest BCUT2D eigenvalue weighted by Gasteiger charge is 2.17. The number of carbonyl (C=O) groups excluding carboxylic acids is 2. The number of hydrogen-bond donors (Lipinski definition) is 0. The van der Waals surface area contributed by atoms with E-state index in [2.05, 4.69) is 93.7 Å². The van der Waals surface area contributed by atoms with Crippen LogP contribution in [0.4, 0.5) is 0 Å². The molecular formula is C67H120O5. The van der Waals surface area contributed by atoms with E-state index in [1.807, 2.05) is 0 Å². The third kappa shape index (κ3) is 59.9. The Labute approximate surface area is 448 Å². The van der Waals surface area contributed by atoms with Crippen LogP contribution in [0.25, 0.3) is 0 Å². The predicted octanol–water partition coefficient (Wildman–Crippen LogP) is 21.8. The fourth-order valence-electron chi connectivity index (χ4n) is 9.06. The maximum Gasteiger partial charge on any atom is 0.306 e. The summed E-state index contributed by atoms with van der Waals surface area (Å²) in [4.78, 5) is 25.6. The lowest BCUT2D eigenvalue weighted by Crippen LogP contribution is -2.30. The van der Waals surface area contributed by atoms with Crippen molar-refractivity contribution in [2.45, 2.75) is 322 Å². The second-order valence-corrected chi connectivity index (χ2v) is 20.9. The first kappa shape index (κ1) is 69.3. The van der Waals surface area contributed by atoms with Crippen molar-refractivity contribution < 1.29 is 23.8 Å². The van der Waals surface area contributed by atoms with Crippen molar-refractivity contribution in [3.05, 3.63) is 72.9 Å².